The van der Waals surface area contributed by atoms with Gasteiger partial charge in [-0.15, -0.1) is 0 Å². The van der Waals surface area contributed by atoms with Gasteiger partial charge in [-0.3, -0.25) is 0 Å². The lowest BCUT2D eigenvalue weighted by Crippen LogP contribution is -2.04. The quantitative estimate of drug-likeness (QED) is 0.550. The van der Waals surface area contributed by atoms with Crippen LogP contribution in [0, 0.1) is 0 Å². The minimum absolute atomic E-state index is 0.0290. The fraction of sp³-hybridized carbons (Fsp3) is 1.00. The molecule has 1 atom stereocenters. The molecule has 0 heterocycles. The van der Waals surface area contributed by atoms with Gasteiger partial charge in [0.2, 0.25) is 6.43 Å². The Morgan fingerprint density at radius 1 is 1.56 bits per heavy atom. The zero-order chi connectivity index (χ0) is 7.28. The molecule has 0 aromatic carbocycles. The summed E-state index contributed by atoms with van der Waals surface area (Å²) in [4.78, 5) is 0. The van der Waals surface area contributed by atoms with Gasteiger partial charge in [0.05, 0.1) is 6.61 Å². The van der Waals surface area contributed by atoms with Crippen molar-refractivity contribution in [3.8, 4) is 0 Å². The van der Waals surface area contributed by atoms with Crippen molar-refractivity contribution in [2.45, 2.75) is 23.9 Å². The number of ether oxygens (including phenoxy) is 1. The normalized spacial score (nSPS) is 14.3. The average molecular weight is 250 g/mol. The summed E-state index contributed by atoms with van der Waals surface area (Å²) >= 11 is 2.02. The molecular formula is C5H9F2IO. The Labute approximate surface area is 66.9 Å². The second-order valence-corrected chi connectivity index (χ2v) is 3.35. The first-order valence-electron chi connectivity index (χ1n) is 2.66. The second kappa shape index (κ2) is 5.34. The second-order valence-electron chi connectivity index (χ2n) is 1.59. The van der Waals surface area contributed by atoms with Crippen molar-refractivity contribution in [2.75, 3.05) is 6.61 Å². The van der Waals surface area contributed by atoms with Crippen LogP contribution in [0.25, 0.3) is 0 Å². The average Bonchev–Trinajstić information content (AvgIpc) is 1.63. The van der Waals surface area contributed by atoms with E-state index in [1.54, 1.807) is 0 Å². The summed E-state index contributed by atoms with van der Waals surface area (Å²) in [5.74, 6) is 0. The molecule has 0 aromatic heterocycles. The predicted molar refractivity (Wildman–Crippen MR) is 40.1 cm³/mol. The van der Waals surface area contributed by atoms with Crippen molar-refractivity contribution >= 4 is 22.6 Å². The summed E-state index contributed by atoms with van der Waals surface area (Å²) in [6, 6.07) is 0. The summed E-state index contributed by atoms with van der Waals surface area (Å²) in [6.07, 6.45) is -2.40. The van der Waals surface area contributed by atoms with Crippen LogP contribution in [-0.4, -0.2) is 17.1 Å². The molecule has 0 aliphatic rings. The highest BCUT2D eigenvalue weighted by molar-refractivity contribution is 14.1. The van der Waals surface area contributed by atoms with Crippen LogP contribution in [-0.2, 0) is 4.74 Å². The summed E-state index contributed by atoms with van der Waals surface area (Å²) in [5.41, 5.74) is 0. The van der Waals surface area contributed by atoms with E-state index >= 15 is 0 Å². The van der Waals surface area contributed by atoms with E-state index in [4.69, 9.17) is 4.74 Å². The maximum atomic E-state index is 11.4. The Kier molecular flexibility index (Phi) is 5.67. The first-order valence-corrected chi connectivity index (χ1v) is 3.91. The van der Waals surface area contributed by atoms with Gasteiger partial charge in [0, 0.05) is 6.42 Å². The van der Waals surface area contributed by atoms with Crippen LogP contribution in [0.5, 0.6) is 0 Å². The molecule has 0 saturated heterocycles. The van der Waals surface area contributed by atoms with E-state index in [-0.39, 0.29) is 17.1 Å². The monoisotopic (exact) mass is 250 g/mol. The lowest BCUT2D eigenvalue weighted by molar-refractivity contribution is 0.0664. The Balaban J connectivity index is 2.91. The molecule has 56 valence electrons. The molecule has 0 N–H and O–H groups in total. The van der Waals surface area contributed by atoms with Crippen molar-refractivity contribution < 1.29 is 13.5 Å². The van der Waals surface area contributed by atoms with Gasteiger partial charge in [0.1, 0.15) is 4.11 Å². The van der Waals surface area contributed by atoms with Crippen molar-refractivity contribution in [2.24, 2.45) is 0 Å². The fourth-order valence-electron chi connectivity index (χ4n) is 0.320. The minimum atomic E-state index is -2.24. The molecule has 0 rings (SSSR count). The molecule has 0 fully saturated rings. The van der Waals surface area contributed by atoms with Crippen LogP contribution in [0.4, 0.5) is 8.78 Å². The van der Waals surface area contributed by atoms with Crippen LogP contribution >= 0.6 is 22.6 Å². The molecule has 9 heavy (non-hydrogen) atoms. The summed E-state index contributed by atoms with van der Waals surface area (Å²) in [5, 5.41) is 0. The third-order valence-corrected chi connectivity index (χ3v) is 1.04. The maximum Gasteiger partial charge on any atom is 0.240 e. The van der Waals surface area contributed by atoms with Gasteiger partial charge >= 0.3 is 0 Å². The minimum Gasteiger partial charge on any atom is -0.368 e. The molecule has 0 aromatic rings. The SMILES string of the molecule is CC(I)OCCC(F)F. The molecular weight excluding hydrogens is 241 g/mol. The molecule has 1 unspecified atom stereocenters. The van der Waals surface area contributed by atoms with Crippen molar-refractivity contribution in [3.63, 3.8) is 0 Å². The highest BCUT2D eigenvalue weighted by Crippen LogP contribution is 2.04. The lowest BCUT2D eigenvalue weighted by Gasteiger charge is -2.03. The van der Waals surface area contributed by atoms with Crippen LogP contribution in [0.1, 0.15) is 13.3 Å². The Bertz CT molecular complexity index is 60.0. The topological polar surface area (TPSA) is 9.23 Å². The third-order valence-electron chi connectivity index (χ3n) is 0.684. The molecule has 4 heteroatoms. The summed E-state index contributed by atoms with van der Waals surface area (Å²) in [6.45, 7) is 1.97. The van der Waals surface area contributed by atoms with Crippen molar-refractivity contribution in [3.05, 3.63) is 0 Å². The smallest absolute Gasteiger partial charge is 0.240 e. The molecule has 0 amide bonds. The highest BCUT2D eigenvalue weighted by atomic mass is 127. The van der Waals surface area contributed by atoms with Crippen LogP contribution in [0.3, 0.4) is 0 Å². The predicted octanol–water partition coefficient (Wildman–Crippen LogP) is 2.44. The Morgan fingerprint density at radius 2 is 2.11 bits per heavy atom. The standard InChI is InChI=1S/C5H9F2IO/c1-4(8)9-3-2-5(6)7/h4-5H,2-3H2,1H3. The number of halogens is 3. The Morgan fingerprint density at radius 3 is 2.44 bits per heavy atom. The zero-order valence-corrected chi connectivity index (χ0v) is 7.27. The van der Waals surface area contributed by atoms with Crippen LogP contribution in [0.15, 0.2) is 0 Å². The number of rotatable bonds is 4. The maximum absolute atomic E-state index is 11.4. The van der Waals surface area contributed by atoms with Gasteiger partial charge in [-0.05, 0) is 6.92 Å². The molecule has 1 nitrogen and oxygen atoms in total. The molecule has 0 radical (unpaired) electrons. The van der Waals surface area contributed by atoms with Gasteiger partial charge in [-0.25, -0.2) is 8.78 Å². The largest absolute Gasteiger partial charge is 0.368 e. The van der Waals surface area contributed by atoms with Gasteiger partial charge in [0.25, 0.3) is 0 Å². The van der Waals surface area contributed by atoms with Gasteiger partial charge in [0.15, 0.2) is 0 Å². The van der Waals surface area contributed by atoms with Gasteiger partial charge < -0.3 is 4.74 Å². The van der Waals surface area contributed by atoms with E-state index in [1.165, 1.54) is 0 Å². The number of hydrogen-bond acceptors (Lipinski definition) is 1. The van der Waals surface area contributed by atoms with E-state index in [2.05, 4.69) is 0 Å². The molecule has 0 saturated carbocycles. The number of alkyl halides is 3. The van der Waals surface area contributed by atoms with E-state index in [1.807, 2.05) is 29.5 Å². The fourth-order valence-corrected chi connectivity index (χ4v) is 0.574. The van der Waals surface area contributed by atoms with Crippen molar-refractivity contribution in [1.29, 1.82) is 0 Å². The molecule has 0 aliphatic heterocycles. The number of hydrogen-bond donors (Lipinski definition) is 0. The Hall–Kier alpha value is 0.550. The molecule has 0 aliphatic carbocycles. The van der Waals surface area contributed by atoms with E-state index in [9.17, 15) is 8.78 Å². The van der Waals surface area contributed by atoms with E-state index in [0.717, 1.165) is 0 Å². The van der Waals surface area contributed by atoms with Gasteiger partial charge in [-0.1, -0.05) is 22.6 Å². The summed E-state index contributed by atoms with van der Waals surface area (Å²) in [7, 11) is 0. The zero-order valence-electron chi connectivity index (χ0n) is 5.11. The summed E-state index contributed by atoms with van der Waals surface area (Å²) < 4.78 is 27.7. The first-order chi connectivity index (χ1) is 4.13. The van der Waals surface area contributed by atoms with Crippen LogP contribution < -0.4 is 0 Å². The lowest BCUT2D eigenvalue weighted by atomic mass is 10.5. The van der Waals surface area contributed by atoms with Crippen LogP contribution in [0.2, 0.25) is 0 Å². The first kappa shape index (κ1) is 9.55. The highest BCUT2D eigenvalue weighted by Gasteiger charge is 2.02. The molecule has 0 bridgehead atoms. The van der Waals surface area contributed by atoms with Gasteiger partial charge in [-0.2, -0.15) is 0 Å². The van der Waals surface area contributed by atoms with Crippen molar-refractivity contribution in [1.82, 2.24) is 0 Å². The van der Waals surface area contributed by atoms with E-state index < -0.39 is 6.43 Å². The van der Waals surface area contributed by atoms with E-state index in [0.29, 0.717) is 0 Å². The third kappa shape index (κ3) is 8.55. The molecule has 0 spiro atoms.